The fourth-order valence-corrected chi connectivity index (χ4v) is 2.58. The Morgan fingerprint density at radius 3 is 2.76 bits per heavy atom. The van der Waals surface area contributed by atoms with E-state index in [4.69, 9.17) is 26.8 Å². The van der Waals surface area contributed by atoms with Crippen molar-refractivity contribution in [2.24, 2.45) is 0 Å². The van der Waals surface area contributed by atoms with E-state index in [1.54, 1.807) is 13.2 Å². The number of benzene rings is 2. The highest BCUT2D eigenvalue weighted by Gasteiger charge is 2.11. The van der Waals surface area contributed by atoms with E-state index < -0.39 is 0 Å². The number of rotatable bonds is 6. The first-order valence-corrected chi connectivity index (χ1v) is 7.95. The van der Waals surface area contributed by atoms with Crippen LogP contribution in [0.3, 0.4) is 0 Å². The van der Waals surface area contributed by atoms with Gasteiger partial charge in [-0.15, -0.1) is 5.10 Å². The molecule has 0 atom stereocenters. The number of nitrogens with zero attached hydrogens (tertiary/aromatic N) is 2. The van der Waals surface area contributed by atoms with Crippen LogP contribution in [0, 0.1) is 6.92 Å². The minimum atomic E-state index is 0.241. The standard InChI is InChI=1S/C17H18ClN5O2/c1-10-6-11(24-2)8-12(7-10)25-15-5-3-4-14(18)13(15)9-20-17-21-16(19)22-23-17/h3-8H,9H2,1-2H3,(H4,19,20,21,22,23). The predicted molar refractivity (Wildman–Crippen MR) is 97.4 cm³/mol. The van der Waals surface area contributed by atoms with Crippen LogP contribution < -0.4 is 20.5 Å². The van der Waals surface area contributed by atoms with Gasteiger partial charge in [-0.1, -0.05) is 17.7 Å². The lowest BCUT2D eigenvalue weighted by molar-refractivity contribution is 0.408. The summed E-state index contributed by atoms with van der Waals surface area (Å²) < 4.78 is 11.3. The lowest BCUT2D eigenvalue weighted by Crippen LogP contribution is -2.04. The molecule has 0 spiro atoms. The van der Waals surface area contributed by atoms with Crippen molar-refractivity contribution in [1.29, 1.82) is 0 Å². The van der Waals surface area contributed by atoms with Gasteiger partial charge in [-0.25, -0.2) is 5.10 Å². The maximum atomic E-state index is 6.34. The Labute approximate surface area is 150 Å². The van der Waals surface area contributed by atoms with Gasteiger partial charge >= 0.3 is 0 Å². The summed E-state index contributed by atoms with van der Waals surface area (Å²) in [5.41, 5.74) is 7.34. The van der Waals surface area contributed by atoms with Gasteiger partial charge in [-0.05, 0) is 36.8 Å². The lowest BCUT2D eigenvalue weighted by atomic mass is 10.2. The van der Waals surface area contributed by atoms with E-state index in [2.05, 4.69) is 20.5 Å². The summed E-state index contributed by atoms with van der Waals surface area (Å²) in [5, 5.41) is 10.1. The van der Waals surface area contributed by atoms with Crippen LogP contribution in [0.25, 0.3) is 0 Å². The van der Waals surface area contributed by atoms with E-state index in [-0.39, 0.29) is 5.95 Å². The minimum Gasteiger partial charge on any atom is -0.497 e. The van der Waals surface area contributed by atoms with Gasteiger partial charge in [0, 0.05) is 23.2 Å². The number of ether oxygens (including phenoxy) is 2. The molecule has 0 bridgehead atoms. The van der Waals surface area contributed by atoms with E-state index >= 15 is 0 Å². The zero-order valence-corrected chi connectivity index (χ0v) is 14.6. The van der Waals surface area contributed by atoms with Crippen LogP contribution in [0.2, 0.25) is 5.02 Å². The summed E-state index contributed by atoms with van der Waals surface area (Å²) in [5.74, 6) is 2.66. The van der Waals surface area contributed by atoms with Crippen molar-refractivity contribution in [3.63, 3.8) is 0 Å². The first kappa shape index (κ1) is 16.9. The van der Waals surface area contributed by atoms with Crippen molar-refractivity contribution in [2.45, 2.75) is 13.5 Å². The number of aromatic nitrogens is 3. The molecule has 7 nitrogen and oxygen atoms in total. The van der Waals surface area contributed by atoms with Crippen LogP contribution >= 0.6 is 11.6 Å². The first-order valence-electron chi connectivity index (χ1n) is 7.58. The number of anilines is 2. The van der Waals surface area contributed by atoms with Crippen LogP contribution in [0.4, 0.5) is 11.9 Å². The number of halogens is 1. The zero-order valence-electron chi connectivity index (χ0n) is 13.8. The van der Waals surface area contributed by atoms with E-state index in [1.165, 1.54) is 0 Å². The molecule has 4 N–H and O–H groups in total. The minimum absolute atomic E-state index is 0.241. The van der Waals surface area contributed by atoms with Crippen molar-refractivity contribution in [3.05, 3.63) is 52.5 Å². The van der Waals surface area contributed by atoms with E-state index in [0.717, 1.165) is 16.9 Å². The molecule has 0 unspecified atom stereocenters. The molecule has 3 aromatic rings. The number of hydrogen-bond acceptors (Lipinski definition) is 6. The Hall–Kier alpha value is -2.93. The number of aryl methyl sites for hydroxylation is 1. The lowest BCUT2D eigenvalue weighted by Gasteiger charge is -2.14. The molecular formula is C17H18ClN5O2. The second-order valence-electron chi connectivity index (χ2n) is 5.40. The molecule has 0 saturated carbocycles. The largest absolute Gasteiger partial charge is 0.497 e. The molecule has 2 aromatic carbocycles. The quantitative estimate of drug-likeness (QED) is 0.619. The highest BCUT2D eigenvalue weighted by molar-refractivity contribution is 6.31. The van der Waals surface area contributed by atoms with Crippen LogP contribution in [0.15, 0.2) is 36.4 Å². The molecule has 0 aliphatic rings. The number of nitrogens with two attached hydrogens (primary N) is 1. The molecule has 0 aliphatic heterocycles. The van der Waals surface area contributed by atoms with E-state index in [1.807, 2.05) is 37.3 Å². The fourth-order valence-electron chi connectivity index (χ4n) is 2.34. The Bertz CT molecular complexity index is 881. The maximum Gasteiger partial charge on any atom is 0.243 e. The Kier molecular flexibility index (Phi) is 4.95. The third kappa shape index (κ3) is 4.13. The van der Waals surface area contributed by atoms with Gasteiger partial charge in [-0.2, -0.15) is 4.98 Å². The zero-order chi connectivity index (χ0) is 17.8. The highest BCUT2D eigenvalue weighted by atomic mass is 35.5. The van der Waals surface area contributed by atoms with Crippen molar-refractivity contribution < 1.29 is 9.47 Å². The van der Waals surface area contributed by atoms with Gasteiger partial charge in [0.05, 0.1) is 7.11 Å². The summed E-state index contributed by atoms with van der Waals surface area (Å²) in [6.07, 6.45) is 0. The normalized spacial score (nSPS) is 10.5. The molecule has 0 radical (unpaired) electrons. The third-order valence-electron chi connectivity index (χ3n) is 3.49. The maximum absolute atomic E-state index is 6.34. The number of methoxy groups -OCH3 is 1. The summed E-state index contributed by atoms with van der Waals surface area (Å²) in [6.45, 7) is 2.36. The average Bonchev–Trinajstić information content (AvgIpc) is 2.99. The first-order chi connectivity index (χ1) is 12.0. The molecular weight excluding hydrogens is 342 g/mol. The SMILES string of the molecule is COc1cc(C)cc(Oc2cccc(Cl)c2CNc2n[nH]c(N)n2)c1. The molecule has 1 heterocycles. The predicted octanol–water partition coefficient (Wildman–Crippen LogP) is 3.76. The summed E-state index contributed by atoms with van der Waals surface area (Å²) in [4.78, 5) is 4.00. The topological polar surface area (TPSA) is 98.1 Å². The molecule has 130 valence electrons. The molecule has 0 saturated heterocycles. The van der Waals surface area contributed by atoms with Crippen molar-refractivity contribution >= 4 is 23.5 Å². The third-order valence-corrected chi connectivity index (χ3v) is 3.84. The van der Waals surface area contributed by atoms with Gasteiger partial charge in [0.15, 0.2) is 0 Å². The smallest absolute Gasteiger partial charge is 0.243 e. The summed E-state index contributed by atoms with van der Waals surface area (Å²) >= 11 is 6.34. The molecule has 25 heavy (non-hydrogen) atoms. The van der Waals surface area contributed by atoms with Gasteiger partial charge in [0.25, 0.3) is 0 Å². The fraction of sp³-hybridized carbons (Fsp3) is 0.176. The molecule has 0 aliphatic carbocycles. The second-order valence-corrected chi connectivity index (χ2v) is 5.81. The van der Waals surface area contributed by atoms with Crippen molar-refractivity contribution in [1.82, 2.24) is 15.2 Å². The summed E-state index contributed by atoms with van der Waals surface area (Å²) in [6, 6.07) is 11.2. The Morgan fingerprint density at radius 1 is 1.24 bits per heavy atom. The van der Waals surface area contributed by atoms with Crippen LogP contribution in [-0.4, -0.2) is 22.3 Å². The van der Waals surface area contributed by atoms with E-state index in [0.29, 0.717) is 29.0 Å². The number of H-pyrrole nitrogens is 1. The number of nitrogens with one attached hydrogen (secondary N) is 2. The van der Waals surface area contributed by atoms with Crippen LogP contribution in [-0.2, 0) is 6.54 Å². The van der Waals surface area contributed by atoms with Gasteiger partial charge in [-0.3, -0.25) is 0 Å². The Balaban J connectivity index is 1.84. The van der Waals surface area contributed by atoms with Crippen molar-refractivity contribution in [3.8, 4) is 17.2 Å². The molecule has 0 fully saturated rings. The van der Waals surface area contributed by atoms with Crippen LogP contribution in [0.1, 0.15) is 11.1 Å². The van der Waals surface area contributed by atoms with Gasteiger partial charge < -0.3 is 20.5 Å². The van der Waals surface area contributed by atoms with E-state index in [9.17, 15) is 0 Å². The Morgan fingerprint density at radius 2 is 2.04 bits per heavy atom. The molecule has 8 heteroatoms. The highest BCUT2D eigenvalue weighted by Crippen LogP contribution is 2.33. The number of aromatic amines is 1. The molecule has 0 amide bonds. The monoisotopic (exact) mass is 359 g/mol. The average molecular weight is 360 g/mol. The summed E-state index contributed by atoms with van der Waals surface area (Å²) in [7, 11) is 1.62. The molecule has 3 rings (SSSR count). The van der Waals surface area contributed by atoms with Gasteiger partial charge in [0.1, 0.15) is 17.2 Å². The second kappa shape index (κ2) is 7.31. The number of nitrogen functional groups attached to an aromatic ring is 1. The number of hydrogen-bond donors (Lipinski definition) is 3. The molecule has 1 aromatic heterocycles. The van der Waals surface area contributed by atoms with Gasteiger partial charge in [0.2, 0.25) is 11.9 Å². The van der Waals surface area contributed by atoms with Crippen LogP contribution in [0.5, 0.6) is 17.2 Å². The van der Waals surface area contributed by atoms with Crippen molar-refractivity contribution in [2.75, 3.05) is 18.2 Å².